The first-order valence-electron chi connectivity index (χ1n) is 18.0. The van der Waals surface area contributed by atoms with Gasteiger partial charge in [0.05, 0.1) is 0 Å². The fourth-order valence-corrected chi connectivity index (χ4v) is 8.68. The highest BCUT2D eigenvalue weighted by Gasteiger charge is 2.40. The number of benzene rings is 8. The van der Waals surface area contributed by atoms with Gasteiger partial charge in [-0.15, -0.1) is 0 Å². The van der Waals surface area contributed by atoms with Gasteiger partial charge in [-0.05, 0) is 114 Å². The van der Waals surface area contributed by atoms with Crippen LogP contribution in [0, 0.1) is 0 Å². The molecule has 2 heterocycles. The van der Waals surface area contributed by atoms with Crippen molar-refractivity contribution in [3.8, 4) is 78.6 Å². The molecule has 1 aliphatic carbocycles. The molecule has 2 aliphatic heterocycles. The Balaban J connectivity index is 0.974. The van der Waals surface area contributed by atoms with E-state index in [9.17, 15) is 0 Å². The van der Waals surface area contributed by atoms with Gasteiger partial charge in [0, 0.05) is 5.46 Å². The first kappa shape index (κ1) is 29.2. The Morgan fingerprint density at radius 3 is 1.42 bits per heavy atom. The second kappa shape index (κ2) is 11.5. The number of hydrogen-bond acceptors (Lipinski definition) is 2. The zero-order valence-corrected chi connectivity index (χ0v) is 28.3. The minimum Gasteiger partial charge on any atom is -0.458 e. The lowest BCUT2D eigenvalue weighted by Gasteiger charge is -2.33. The molecule has 3 aliphatic rings. The SMILES string of the molecule is c1ccc(-c2ccc(-c3cccc(-c4cccc5c4Cc4c(-c6cc7c8c(c6)Oc6ccccc6B8c6ccccc6O7)cccc4-5)c3)cc2)cc1. The van der Waals surface area contributed by atoms with Gasteiger partial charge in [0.2, 0.25) is 0 Å². The lowest BCUT2D eigenvalue weighted by atomic mass is 9.35. The zero-order chi connectivity index (χ0) is 34.2. The number of fused-ring (bicyclic) bond motifs is 7. The van der Waals surface area contributed by atoms with Gasteiger partial charge in [-0.3, -0.25) is 0 Å². The molecule has 2 nitrogen and oxygen atoms in total. The van der Waals surface area contributed by atoms with E-state index in [0.29, 0.717) is 0 Å². The van der Waals surface area contributed by atoms with Crippen molar-refractivity contribution in [2.24, 2.45) is 0 Å². The summed E-state index contributed by atoms with van der Waals surface area (Å²) in [6.07, 6.45) is 0.857. The van der Waals surface area contributed by atoms with Crippen LogP contribution in [0.1, 0.15) is 11.1 Å². The predicted molar refractivity (Wildman–Crippen MR) is 214 cm³/mol. The van der Waals surface area contributed by atoms with Crippen LogP contribution in [0.3, 0.4) is 0 Å². The summed E-state index contributed by atoms with van der Waals surface area (Å²) >= 11 is 0. The van der Waals surface area contributed by atoms with E-state index in [1.165, 1.54) is 72.1 Å². The van der Waals surface area contributed by atoms with Gasteiger partial charge >= 0.3 is 0 Å². The van der Waals surface area contributed by atoms with Crippen LogP contribution >= 0.6 is 0 Å². The highest BCUT2D eigenvalue weighted by atomic mass is 16.5. The molecular formula is C49H31BO2. The molecule has 0 radical (unpaired) electrons. The number of rotatable bonds is 4. The van der Waals surface area contributed by atoms with Crippen LogP contribution in [0.5, 0.6) is 23.0 Å². The van der Waals surface area contributed by atoms with Crippen molar-refractivity contribution in [1.82, 2.24) is 0 Å². The van der Waals surface area contributed by atoms with E-state index < -0.39 is 0 Å². The molecule has 8 aromatic carbocycles. The van der Waals surface area contributed by atoms with E-state index in [-0.39, 0.29) is 6.71 Å². The van der Waals surface area contributed by atoms with Crippen molar-refractivity contribution < 1.29 is 9.47 Å². The Bertz CT molecular complexity index is 2640. The standard InChI is InChI=1S/C49H31BO2/c1-2-11-31(12-3-1)32-23-25-33(26-24-32)34-13-8-14-35(27-34)37-15-9-17-39-40-18-10-16-38(42(40)30-41(37)39)36-28-47-49-48(29-36)52-46-22-7-5-20-44(46)50(49)43-19-4-6-21-45(43)51-47/h1-29H,30H2. The van der Waals surface area contributed by atoms with Gasteiger partial charge in [0.1, 0.15) is 23.0 Å². The van der Waals surface area contributed by atoms with E-state index in [0.717, 1.165) is 40.4 Å². The highest BCUT2D eigenvalue weighted by molar-refractivity contribution is 6.98. The van der Waals surface area contributed by atoms with Crippen molar-refractivity contribution in [2.45, 2.75) is 6.42 Å². The number of para-hydroxylation sites is 2. The molecule has 0 bridgehead atoms. The second-order valence-electron chi connectivity index (χ2n) is 14.0. The molecule has 8 aromatic rings. The van der Waals surface area contributed by atoms with E-state index >= 15 is 0 Å². The largest absolute Gasteiger partial charge is 0.458 e. The molecule has 0 saturated heterocycles. The summed E-state index contributed by atoms with van der Waals surface area (Å²) in [7, 11) is 0. The molecule has 11 rings (SSSR count). The van der Waals surface area contributed by atoms with Gasteiger partial charge in [-0.1, -0.05) is 146 Å². The fraction of sp³-hybridized carbons (Fsp3) is 0.0204. The van der Waals surface area contributed by atoms with Crippen molar-refractivity contribution >= 4 is 23.1 Å². The Kier molecular flexibility index (Phi) is 6.44. The third kappa shape index (κ3) is 4.53. The first-order chi connectivity index (χ1) is 25.8. The summed E-state index contributed by atoms with van der Waals surface area (Å²) in [5, 5.41) is 0. The minimum absolute atomic E-state index is 0.0693. The zero-order valence-electron chi connectivity index (χ0n) is 28.3. The van der Waals surface area contributed by atoms with Gasteiger partial charge in [-0.25, -0.2) is 0 Å². The topological polar surface area (TPSA) is 18.5 Å². The molecule has 0 aromatic heterocycles. The molecule has 3 heteroatoms. The smallest absolute Gasteiger partial charge is 0.260 e. The predicted octanol–water partition coefficient (Wildman–Crippen LogP) is 10.7. The molecule has 0 unspecified atom stereocenters. The molecule has 0 amide bonds. The van der Waals surface area contributed by atoms with Gasteiger partial charge in [0.25, 0.3) is 6.71 Å². The molecule has 0 saturated carbocycles. The molecular weight excluding hydrogens is 631 g/mol. The maximum Gasteiger partial charge on any atom is 0.260 e. The maximum absolute atomic E-state index is 6.66. The van der Waals surface area contributed by atoms with E-state index in [1.54, 1.807) is 0 Å². The Hall–Kier alpha value is -6.58. The van der Waals surface area contributed by atoms with Crippen LogP contribution in [-0.4, -0.2) is 6.71 Å². The molecule has 0 fully saturated rings. The molecule has 52 heavy (non-hydrogen) atoms. The highest BCUT2D eigenvalue weighted by Crippen LogP contribution is 2.47. The van der Waals surface area contributed by atoms with Crippen LogP contribution in [0.4, 0.5) is 0 Å². The summed E-state index contributed by atoms with van der Waals surface area (Å²) in [5.41, 5.74) is 18.5. The average Bonchev–Trinajstić information content (AvgIpc) is 3.60. The lowest BCUT2D eigenvalue weighted by Crippen LogP contribution is -2.57. The quantitative estimate of drug-likeness (QED) is 0.175. The lowest BCUT2D eigenvalue weighted by molar-refractivity contribution is 0.465. The van der Waals surface area contributed by atoms with Gasteiger partial charge in [0.15, 0.2) is 0 Å². The Morgan fingerprint density at radius 1 is 0.327 bits per heavy atom. The van der Waals surface area contributed by atoms with Crippen molar-refractivity contribution in [1.29, 1.82) is 0 Å². The van der Waals surface area contributed by atoms with Crippen molar-refractivity contribution in [2.75, 3.05) is 0 Å². The summed E-state index contributed by atoms with van der Waals surface area (Å²) in [5.74, 6) is 3.55. The summed E-state index contributed by atoms with van der Waals surface area (Å²) in [6, 6.07) is 63.2. The van der Waals surface area contributed by atoms with Gasteiger partial charge in [-0.2, -0.15) is 0 Å². The van der Waals surface area contributed by atoms with Crippen molar-refractivity contribution in [3.63, 3.8) is 0 Å². The second-order valence-corrected chi connectivity index (χ2v) is 14.0. The fourth-order valence-electron chi connectivity index (χ4n) is 8.68. The molecule has 0 atom stereocenters. The van der Waals surface area contributed by atoms with Crippen LogP contribution in [0.15, 0.2) is 176 Å². The molecule has 0 N–H and O–H groups in total. The monoisotopic (exact) mass is 662 g/mol. The van der Waals surface area contributed by atoms with Crippen LogP contribution in [0.25, 0.3) is 55.6 Å². The third-order valence-corrected chi connectivity index (χ3v) is 11.1. The summed E-state index contributed by atoms with van der Waals surface area (Å²) in [4.78, 5) is 0. The van der Waals surface area contributed by atoms with E-state index in [2.05, 4.69) is 176 Å². The summed E-state index contributed by atoms with van der Waals surface area (Å²) in [6.45, 7) is 0.0693. The average molecular weight is 663 g/mol. The first-order valence-corrected chi connectivity index (χ1v) is 18.0. The number of ether oxygens (including phenoxy) is 2. The van der Waals surface area contributed by atoms with Gasteiger partial charge < -0.3 is 9.47 Å². The van der Waals surface area contributed by atoms with Crippen LogP contribution in [-0.2, 0) is 6.42 Å². The minimum atomic E-state index is 0.0693. The Morgan fingerprint density at radius 2 is 0.788 bits per heavy atom. The Labute approximate surface area is 303 Å². The molecule has 0 spiro atoms. The maximum atomic E-state index is 6.66. The third-order valence-electron chi connectivity index (χ3n) is 11.1. The van der Waals surface area contributed by atoms with Crippen LogP contribution < -0.4 is 25.9 Å². The van der Waals surface area contributed by atoms with Crippen molar-refractivity contribution in [3.05, 3.63) is 187 Å². The molecule has 242 valence electrons. The van der Waals surface area contributed by atoms with Crippen LogP contribution in [0.2, 0.25) is 0 Å². The number of hydrogen-bond donors (Lipinski definition) is 0. The van der Waals surface area contributed by atoms with E-state index in [1.807, 2.05) is 0 Å². The normalized spacial score (nSPS) is 12.8. The summed E-state index contributed by atoms with van der Waals surface area (Å²) < 4.78 is 13.3. The van der Waals surface area contributed by atoms with E-state index in [4.69, 9.17) is 9.47 Å².